The van der Waals surface area contributed by atoms with Gasteiger partial charge in [0.2, 0.25) is 5.82 Å². The maximum Gasteiger partial charge on any atom is 0.258 e. The van der Waals surface area contributed by atoms with E-state index in [-0.39, 0.29) is 5.82 Å². The van der Waals surface area contributed by atoms with Crippen molar-refractivity contribution in [2.45, 2.75) is 19.9 Å². The van der Waals surface area contributed by atoms with Crippen LogP contribution in [0.25, 0.3) is 16.3 Å². The van der Waals surface area contributed by atoms with Gasteiger partial charge in [0.1, 0.15) is 5.82 Å². The van der Waals surface area contributed by atoms with Gasteiger partial charge in [-0.2, -0.15) is 4.98 Å². The molecule has 33 heavy (non-hydrogen) atoms. The van der Waals surface area contributed by atoms with Crippen LogP contribution in [0.3, 0.4) is 0 Å². The summed E-state index contributed by atoms with van der Waals surface area (Å²) in [6, 6.07) is 15.5. The van der Waals surface area contributed by atoms with E-state index in [2.05, 4.69) is 15.5 Å². The summed E-state index contributed by atoms with van der Waals surface area (Å²) < 4.78 is 19.8. The van der Waals surface area contributed by atoms with Crippen LogP contribution in [0.4, 0.5) is 10.1 Å². The standard InChI is InChI=1S/C24H18ClFN4OS2/c1-13-8-9-17(12-18(13)25)30-14(2)20(23-28-22(29-31-23)19-7-4-10-33-19)21(27-24(30)32)15-5-3-6-16(26)11-15/h3-12,21H,1-2H3,(H,27,32). The Bertz CT molecular complexity index is 1380. The molecule has 1 N–H and O–H groups in total. The van der Waals surface area contributed by atoms with Crippen molar-refractivity contribution in [3.05, 3.63) is 93.5 Å². The Labute approximate surface area is 204 Å². The largest absolute Gasteiger partial charge is 0.351 e. The topological polar surface area (TPSA) is 54.2 Å². The van der Waals surface area contributed by atoms with Crippen LogP contribution in [-0.4, -0.2) is 15.3 Å². The number of hydrogen-bond donors (Lipinski definition) is 1. The smallest absolute Gasteiger partial charge is 0.258 e. The Morgan fingerprint density at radius 1 is 1.15 bits per heavy atom. The van der Waals surface area contributed by atoms with Gasteiger partial charge < -0.3 is 9.84 Å². The quantitative estimate of drug-likeness (QED) is 0.315. The summed E-state index contributed by atoms with van der Waals surface area (Å²) in [4.78, 5) is 7.43. The molecule has 0 bridgehead atoms. The number of thiophene rings is 1. The van der Waals surface area contributed by atoms with Gasteiger partial charge in [-0.15, -0.1) is 11.3 Å². The Hall–Kier alpha value is -3.07. The number of hydrogen-bond acceptors (Lipinski definition) is 5. The SMILES string of the molecule is CC1=C(c2nc(-c3cccs3)no2)C(c2cccc(F)c2)NC(=S)N1c1ccc(C)c(Cl)c1. The second-order valence-corrected chi connectivity index (χ2v) is 9.35. The fraction of sp³-hybridized carbons (Fsp3) is 0.125. The fourth-order valence-electron chi connectivity index (χ4n) is 3.83. The van der Waals surface area contributed by atoms with E-state index < -0.39 is 6.04 Å². The maximum atomic E-state index is 14.1. The molecule has 0 saturated heterocycles. The van der Waals surface area contributed by atoms with Crippen molar-refractivity contribution < 1.29 is 8.91 Å². The van der Waals surface area contributed by atoms with Crippen LogP contribution in [0.5, 0.6) is 0 Å². The highest BCUT2D eigenvalue weighted by atomic mass is 35.5. The summed E-state index contributed by atoms with van der Waals surface area (Å²) in [5.41, 5.74) is 3.96. The third kappa shape index (κ3) is 4.06. The molecule has 0 saturated carbocycles. The van der Waals surface area contributed by atoms with Gasteiger partial charge in [0.25, 0.3) is 5.89 Å². The molecule has 0 radical (unpaired) electrons. The molecular formula is C24H18ClFN4OS2. The van der Waals surface area contributed by atoms with Crippen molar-refractivity contribution in [2.75, 3.05) is 4.90 Å². The summed E-state index contributed by atoms with van der Waals surface area (Å²) in [5, 5.41) is 10.6. The van der Waals surface area contributed by atoms with Gasteiger partial charge in [-0.1, -0.05) is 41.0 Å². The zero-order chi connectivity index (χ0) is 23.1. The summed E-state index contributed by atoms with van der Waals surface area (Å²) >= 11 is 13.6. The van der Waals surface area contributed by atoms with Crippen molar-refractivity contribution in [3.63, 3.8) is 0 Å². The average molecular weight is 497 g/mol. The van der Waals surface area contributed by atoms with E-state index in [1.165, 1.54) is 23.5 Å². The van der Waals surface area contributed by atoms with Gasteiger partial charge in [0.05, 0.1) is 16.5 Å². The summed E-state index contributed by atoms with van der Waals surface area (Å²) in [6.45, 7) is 3.87. The molecule has 0 aliphatic carbocycles. The molecule has 4 aromatic rings. The Morgan fingerprint density at radius 2 is 2.00 bits per heavy atom. The minimum Gasteiger partial charge on any atom is -0.351 e. The van der Waals surface area contributed by atoms with Crippen LogP contribution < -0.4 is 10.2 Å². The van der Waals surface area contributed by atoms with Crippen molar-refractivity contribution in [1.29, 1.82) is 0 Å². The van der Waals surface area contributed by atoms with Crippen LogP contribution >= 0.6 is 35.2 Å². The highest BCUT2D eigenvalue weighted by Crippen LogP contribution is 2.40. The van der Waals surface area contributed by atoms with Gasteiger partial charge in [-0.05, 0) is 72.9 Å². The zero-order valence-corrected chi connectivity index (χ0v) is 20.1. The number of aryl methyl sites for hydroxylation is 1. The van der Waals surface area contributed by atoms with E-state index in [0.29, 0.717) is 33.0 Å². The van der Waals surface area contributed by atoms with E-state index in [0.717, 1.165) is 21.8 Å². The lowest BCUT2D eigenvalue weighted by Gasteiger charge is -2.37. The molecule has 5 rings (SSSR count). The van der Waals surface area contributed by atoms with E-state index in [4.69, 9.17) is 28.3 Å². The van der Waals surface area contributed by atoms with Crippen molar-refractivity contribution in [1.82, 2.24) is 15.5 Å². The Balaban J connectivity index is 1.68. The van der Waals surface area contributed by atoms with Gasteiger partial charge in [0, 0.05) is 16.4 Å². The van der Waals surface area contributed by atoms with Crippen molar-refractivity contribution in [3.8, 4) is 10.7 Å². The maximum absolute atomic E-state index is 14.1. The normalized spacial score (nSPS) is 16.3. The molecule has 5 nitrogen and oxygen atoms in total. The summed E-state index contributed by atoms with van der Waals surface area (Å²) in [5.74, 6) is 0.495. The minimum absolute atomic E-state index is 0.336. The molecule has 1 unspecified atom stereocenters. The third-order valence-electron chi connectivity index (χ3n) is 5.48. The lowest BCUT2D eigenvalue weighted by molar-refractivity contribution is 0.404. The molecular weight excluding hydrogens is 479 g/mol. The summed E-state index contributed by atoms with van der Waals surface area (Å²) in [6.07, 6.45) is 0. The van der Waals surface area contributed by atoms with Gasteiger partial charge >= 0.3 is 0 Å². The van der Waals surface area contributed by atoms with E-state index in [1.807, 2.05) is 60.5 Å². The number of thiocarbonyl (C=S) groups is 1. The first-order valence-corrected chi connectivity index (χ1v) is 11.8. The minimum atomic E-state index is -0.470. The van der Waals surface area contributed by atoms with Crippen LogP contribution in [0.1, 0.15) is 30.0 Å². The van der Waals surface area contributed by atoms with Crippen molar-refractivity contribution >= 4 is 51.5 Å². The number of anilines is 1. The number of nitrogens with one attached hydrogen (secondary N) is 1. The highest BCUT2D eigenvalue weighted by molar-refractivity contribution is 7.80. The molecule has 1 aliphatic heterocycles. The lowest BCUT2D eigenvalue weighted by atomic mass is 9.94. The van der Waals surface area contributed by atoms with E-state index in [9.17, 15) is 4.39 Å². The first-order chi connectivity index (χ1) is 15.9. The zero-order valence-electron chi connectivity index (χ0n) is 17.7. The molecule has 9 heteroatoms. The van der Waals surface area contributed by atoms with Crippen LogP contribution in [0.15, 0.2) is 70.2 Å². The number of aromatic nitrogens is 2. The average Bonchev–Trinajstić information content (AvgIpc) is 3.48. The highest BCUT2D eigenvalue weighted by Gasteiger charge is 2.35. The van der Waals surface area contributed by atoms with Gasteiger partial charge in [-0.25, -0.2) is 4.39 Å². The van der Waals surface area contributed by atoms with Crippen LogP contribution in [0.2, 0.25) is 5.02 Å². The molecule has 1 aliphatic rings. The van der Waals surface area contributed by atoms with Crippen LogP contribution in [-0.2, 0) is 0 Å². The number of rotatable bonds is 4. The third-order valence-corrected chi connectivity index (χ3v) is 7.05. The number of benzene rings is 2. The lowest BCUT2D eigenvalue weighted by Crippen LogP contribution is -2.46. The van der Waals surface area contributed by atoms with Crippen LogP contribution in [0, 0.1) is 12.7 Å². The van der Waals surface area contributed by atoms with Gasteiger partial charge in [0.15, 0.2) is 5.11 Å². The molecule has 2 aromatic carbocycles. The molecule has 0 amide bonds. The predicted molar refractivity (Wildman–Crippen MR) is 134 cm³/mol. The van der Waals surface area contributed by atoms with E-state index in [1.54, 1.807) is 6.07 Å². The number of nitrogens with zero attached hydrogens (tertiary/aromatic N) is 3. The van der Waals surface area contributed by atoms with Crippen molar-refractivity contribution in [2.24, 2.45) is 0 Å². The van der Waals surface area contributed by atoms with Gasteiger partial charge in [-0.3, -0.25) is 4.90 Å². The molecule has 166 valence electrons. The first-order valence-electron chi connectivity index (χ1n) is 10.1. The monoisotopic (exact) mass is 496 g/mol. The van der Waals surface area contributed by atoms with E-state index >= 15 is 0 Å². The molecule has 2 aromatic heterocycles. The number of allylic oxidation sites excluding steroid dienone is 1. The Morgan fingerprint density at radius 3 is 2.73 bits per heavy atom. The molecule has 0 fully saturated rings. The molecule has 0 spiro atoms. The molecule has 1 atom stereocenters. The number of halogens is 2. The predicted octanol–water partition coefficient (Wildman–Crippen LogP) is 6.77. The summed E-state index contributed by atoms with van der Waals surface area (Å²) in [7, 11) is 0. The molecule has 3 heterocycles. The first kappa shape index (κ1) is 21.8. The second kappa shape index (κ2) is 8.70. The Kier molecular flexibility index (Phi) is 5.74. The second-order valence-electron chi connectivity index (χ2n) is 7.61. The fourth-order valence-corrected chi connectivity index (χ4v) is 5.01.